The molecule has 0 aliphatic carbocycles. The van der Waals surface area contributed by atoms with Crippen LogP contribution in [0.25, 0.3) is 6.08 Å². The summed E-state index contributed by atoms with van der Waals surface area (Å²) >= 11 is 6.04. The van der Waals surface area contributed by atoms with Crippen molar-refractivity contribution in [2.45, 2.75) is 6.92 Å². The first-order chi connectivity index (χ1) is 12.9. The number of benzene rings is 2. The number of hydrogen-bond donors (Lipinski definition) is 1. The van der Waals surface area contributed by atoms with Crippen LogP contribution < -0.4 is 19.5 Å². The number of halogens is 1. The van der Waals surface area contributed by atoms with Crippen molar-refractivity contribution in [3.8, 4) is 17.2 Å². The second kappa shape index (κ2) is 7.55. The van der Waals surface area contributed by atoms with Crippen molar-refractivity contribution >= 4 is 35.0 Å². The summed E-state index contributed by atoms with van der Waals surface area (Å²) in [7, 11) is 1.46. The summed E-state index contributed by atoms with van der Waals surface area (Å²) in [6.45, 7) is 1.79. The Morgan fingerprint density at radius 1 is 1.30 bits per heavy atom. The Morgan fingerprint density at radius 2 is 2.00 bits per heavy atom. The fourth-order valence-corrected chi connectivity index (χ4v) is 2.66. The van der Waals surface area contributed by atoms with Crippen LogP contribution >= 0.6 is 11.6 Å². The number of fused-ring (bicyclic) bond motifs is 1. The van der Waals surface area contributed by atoms with E-state index in [0.29, 0.717) is 28.0 Å². The summed E-state index contributed by atoms with van der Waals surface area (Å²) in [5.41, 5.74) is 1.24. The zero-order valence-corrected chi connectivity index (χ0v) is 15.2. The van der Waals surface area contributed by atoms with Crippen LogP contribution in [0.1, 0.15) is 11.1 Å². The highest BCUT2D eigenvalue weighted by Crippen LogP contribution is 2.38. The standard InChI is InChI=1S/C18H15ClN2O6/c1-10-5-13(15(25-2)7-12(10)19)20-18(22)4-3-11-6-16-17(27-9-26-16)8-14(11)21(23)24/h3-8H,9H2,1-2H3,(H,20,22)/b4-3+. The van der Waals surface area contributed by atoms with E-state index in [1.165, 1.54) is 31.4 Å². The van der Waals surface area contributed by atoms with Crippen molar-refractivity contribution in [3.63, 3.8) is 0 Å². The summed E-state index contributed by atoms with van der Waals surface area (Å²) in [6.07, 6.45) is 2.53. The predicted octanol–water partition coefficient (Wildman–Crippen LogP) is 3.95. The van der Waals surface area contributed by atoms with Gasteiger partial charge < -0.3 is 19.5 Å². The molecule has 0 unspecified atom stereocenters. The van der Waals surface area contributed by atoms with Crippen molar-refractivity contribution < 1.29 is 23.9 Å². The zero-order chi connectivity index (χ0) is 19.6. The number of aryl methyl sites for hydroxylation is 1. The Kier molecular flexibility index (Phi) is 5.18. The van der Waals surface area contributed by atoms with E-state index in [4.69, 9.17) is 25.8 Å². The number of carbonyl (C=O) groups is 1. The Balaban J connectivity index is 1.84. The summed E-state index contributed by atoms with van der Waals surface area (Å²) in [5.74, 6) is 0.601. The van der Waals surface area contributed by atoms with Gasteiger partial charge in [-0.2, -0.15) is 0 Å². The van der Waals surface area contributed by atoms with E-state index in [1.807, 2.05) is 0 Å². The fourth-order valence-electron chi connectivity index (χ4n) is 2.51. The second-order valence-electron chi connectivity index (χ2n) is 5.65. The van der Waals surface area contributed by atoms with Crippen LogP contribution in [0.4, 0.5) is 11.4 Å². The first-order valence-corrected chi connectivity index (χ1v) is 8.18. The van der Waals surface area contributed by atoms with Crippen molar-refractivity contribution in [2.24, 2.45) is 0 Å². The van der Waals surface area contributed by atoms with Crippen LogP contribution in [0.2, 0.25) is 5.02 Å². The minimum Gasteiger partial charge on any atom is -0.495 e. The molecule has 1 aliphatic rings. The molecule has 9 heteroatoms. The monoisotopic (exact) mass is 390 g/mol. The maximum absolute atomic E-state index is 12.3. The lowest BCUT2D eigenvalue weighted by Gasteiger charge is -2.11. The van der Waals surface area contributed by atoms with Gasteiger partial charge in [0.2, 0.25) is 12.7 Å². The van der Waals surface area contributed by atoms with Crippen molar-refractivity contribution in [3.05, 3.63) is 56.6 Å². The number of nitrogens with one attached hydrogen (secondary N) is 1. The average Bonchev–Trinajstić information content (AvgIpc) is 3.09. The number of nitro groups is 1. The molecule has 140 valence electrons. The maximum atomic E-state index is 12.3. The number of rotatable bonds is 5. The van der Waals surface area contributed by atoms with E-state index in [9.17, 15) is 14.9 Å². The number of nitrogens with zero attached hydrogens (tertiary/aromatic N) is 1. The number of methoxy groups -OCH3 is 1. The Morgan fingerprint density at radius 3 is 2.67 bits per heavy atom. The third kappa shape index (κ3) is 3.95. The number of ether oxygens (including phenoxy) is 3. The molecule has 1 N–H and O–H groups in total. The summed E-state index contributed by atoms with van der Waals surface area (Å²) in [6, 6.07) is 6.00. The molecule has 0 radical (unpaired) electrons. The molecule has 0 atom stereocenters. The normalized spacial score (nSPS) is 12.3. The van der Waals surface area contributed by atoms with Gasteiger partial charge in [0.1, 0.15) is 5.75 Å². The molecular formula is C18H15ClN2O6. The summed E-state index contributed by atoms with van der Waals surface area (Å²) in [5, 5.41) is 14.4. The maximum Gasteiger partial charge on any atom is 0.280 e. The largest absolute Gasteiger partial charge is 0.495 e. The van der Waals surface area contributed by atoms with Crippen LogP contribution in [0.5, 0.6) is 17.2 Å². The van der Waals surface area contributed by atoms with E-state index >= 15 is 0 Å². The van der Waals surface area contributed by atoms with Gasteiger partial charge >= 0.3 is 0 Å². The predicted molar refractivity (Wildman–Crippen MR) is 99.6 cm³/mol. The molecule has 2 aromatic carbocycles. The van der Waals surface area contributed by atoms with E-state index in [-0.39, 0.29) is 18.0 Å². The number of nitro benzene ring substituents is 1. The Labute approximate surface area is 159 Å². The van der Waals surface area contributed by atoms with E-state index in [1.54, 1.807) is 19.1 Å². The topological polar surface area (TPSA) is 99.9 Å². The second-order valence-corrected chi connectivity index (χ2v) is 6.05. The molecule has 0 aromatic heterocycles. The van der Waals surface area contributed by atoms with Gasteiger partial charge in [-0.05, 0) is 30.7 Å². The lowest BCUT2D eigenvalue weighted by atomic mass is 10.1. The minimum atomic E-state index is -0.550. The molecule has 2 aromatic rings. The number of anilines is 1. The molecule has 3 rings (SSSR count). The molecule has 1 aliphatic heterocycles. The highest BCUT2D eigenvalue weighted by molar-refractivity contribution is 6.31. The van der Waals surface area contributed by atoms with Crippen LogP contribution in [-0.2, 0) is 4.79 Å². The van der Waals surface area contributed by atoms with Crippen molar-refractivity contribution in [1.29, 1.82) is 0 Å². The van der Waals surface area contributed by atoms with Gasteiger partial charge in [-0.3, -0.25) is 14.9 Å². The molecule has 0 fully saturated rings. The number of amides is 1. The average molecular weight is 391 g/mol. The highest BCUT2D eigenvalue weighted by atomic mass is 35.5. The number of carbonyl (C=O) groups excluding carboxylic acids is 1. The highest BCUT2D eigenvalue weighted by Gasteiger charge is 2.22. The van der Waals surface area contributed by atoms with Crippen LogP contribution in [-0.4, -0.2) is 24.7 Å². The summed E-state index contributed by atoms with van der Waals surface area (Å²) in [4.78, 5) is 23.0. The fraction of sp³-hybridized carbons (Fsp3) is 0.167. The van der Waals surface area contributed by atoms with Crippen molar-refractivity contribution in [1.82, 2.24) is 0 Å². The number of hydrogen-bond acceptors (Lipinski definition) is 6. The van der Waals surface area contributed by atoms with Gasteiger partial charge in [-0.15, -0.1) is 0 Å². The molecule has 0 spiro atoms. The van der Waals surface area contributed by atoms with Gasteiger partial charge in [0.05, 0.1) is 29.4 Å². The Bertz CT molecular complexity index is 957. The molecule has 27 heavy (non-hydrogen) atoms. The smallest absolute Gasteiger partial charge is 0.280 e. The first-order valence-electron chi connectivity index (χ1n) is 7.80. The SMILES string of the molecule is COc1cc(Cl)c(C)cc1NC(=O)/C=C/c1cc2c(cc1[N+](=O)[O-])OCO2. The quantitative estimate of drug-likeness (QED) is 0.471. The van der Waals surface area contributed by atoms with E-state index < -0.39 is 10.8 Å². The van der Waals surface area contributed by atoms with Crippen LogP contribution in [0.3, 0.4) is 0 Å². The van der Waals surface area contributed by atoms with E-state index in [0.717, 1.165) is 5.56 Å². The van der Waals surface area contributed by atoms with Crippen LogP contribution in [0, 0.1) is 17.0 Å². The third-order valence-electron chi connectivity index (χ3n) is 3.87. The van der Waals surface area contributed by atoms with Gasteiger partial charge in [-0.25, -0.2) is 0 Å². The molecule has 1 heterocycles. The zero-order valence-electron chi connectivity index (χ0n) is 14.4. The molecular weight excluding hydrogens is 376 g/mol. The lowest BCUT2D eigenvalue weighted by Crippen LogP contribution is -2.09. The molecule has 0 bridgehead atoms. The van der Waals surface area contributed by atoms with Crippen molar-refractivity contribution in [2.75, 3.05) is 19.2 Å². The van der Waals surface area contributed by atoms with Gasteiger partial charge in [0.25, 0.3) is 5.69 Å². The lowest BCUT2D eigenvalue weighted by molar-refractivity contribution is -0.385. The third-order valence-corrected chi connectivity index (χ3v) is 4.28. The van der Waals surface area contributed by atoms with E-state index in [2.05, 4.69) is 5.32 Å². The Hall–Kier alpha value is -3.26. The molecule has 0 saturated carbocycles. The minimum absolute atomic E-state index is 0.00411. The molecule has 1 amide bonds. The first kappa shape index (κ1) is 18.5. The van der Waals surface area contributed by atoms with Gasteiger partial charge in [0.15, 0.2) is 11.5 Å². The molecule has 8 nitrogen and oxygen atoms in total. The summed E-state index contributed by atoms with van der Waals surface area (Å²) < 4.78 is 15.6. The van der Waals surface area contributed by atoms with Crippen LogP contribution in [0.15, 0.2) is 30.3 Å². The van der Waals surface area contributed by atoms with Gasteiger partial charge in [0, 0.05) is 17.2 Å². The van der Waals surface area contributed by atoms with Gasteiger partial charge in [-0.1, -0.05) is 11.6 Å². The molecule has 0 saturated heterocycles.